The van der Waals surface area contributed by atoms with Gasteiger partial charge in [-0.05, 0) is 63.8 Å². The Kier molecular flexibility index (Phi) is 17.9. The van der Waals surface area contributed by atoms with Crippen LogP contribution >= 0.6 is 0 Å². The lowest BCUT2D eigenvalue weighted by atomic mass is 10.0. The van der Waals surface area contributed by atoms with Crippen LogP contribution in [0.3, 0.4) is 0 Å². The van der Waals surface area contributed by atoms with E-state index < -0.39 is 133 Å². The van der Waals surface area contributed by atoms with Crippen LogP contribution in [-0.4, -0.2) is 141 Å². The Balaban J connectivity index is 1.40. The molecule has 0 radical (unpaired) electrons. The fourth-order valence-electron chi connectivity index (χ4n) is 6.59. The van der Waals surface area contributed by atoms with Crippen LogP contribution in [0, 0.1) is 11.8 Å². The van der Waals surface area contributed by atoms with Crippen LogP contribution in [-0.2, 0) is 47.8 Å². The molecule has 24 nitrogen and oxygen atoms in total. The van der Waals surface area contributed by atoms with Gasteiger partial charge in [0.2, 0.25) is 35.4 Å². The predicted octanol–water partition coefficient (Wildman–Crippen LogP) is -1.13. The van der Waals surface area contributed by atoms with Crippen molar-refractivity contribution in [1.82, 2.24) is 62.5 Å². The van der Waals surface area contributed by atoms with Crippen molar-refractivity contribution in [2.75, 3.05) is 13.2 Å². The van der Waals surface area contributed by atoms with Crippen molar-refractivity contribution in [3.05, 3.63) is 72.3 Å². The summed E-state index contributed by atoms with van der Waals surface area (Å²) in [5.41, 5.74) is 1.32. The first-order chi connectivity index (χ1) is 33.1. The molecule has 4 aromatic rings. The maximum absolute atomic E-state index is 13.8. The quantitative estimate of drug-likeness (QED) is 0.106. The summed E-state index contributed by atoms with van der Waals surface area (Å²) in [7, 11) is 0. The molecule has 1 aliphatic heterocycles. The lowest BCUT2D eigenvalue weighted by Gasteiger charge is -2.27. The number of aromatic nitrogens is 4. The van der Waals surface area contributed by atoms with Gasteiger partial charge in [0.25, 0.3) is 11.8 Å². The summed E-state index contributed by atoms with van der Waals surface area (Å²) in [4.78, 5) is 152. The van der Waals surface area contributed by atoms with E-state index >= 15 is 0 Å². The molecule has 5 rings (SSSR count). The van der Waals surface area contributed by atoms with E-state index in [1.165, 1.54) is 40.1 Å². The second-order valence-electron chi connectivity index (χ2n) is 17.2. The second-order valence-corrected chi connectivity index (χ2v) is 17.2. The summed E-state index contributed by atoms with van der Waals surface area (Å²) in [6.07, 6.45) is 2.35. The topological polar surface area (TPSA) is 337 Å². The minimum absolute atomic E-state index is 0.195. The van der Waals surface area contributed by atoms with Gasteiger partial charge in [-0.15, -0.1) is 0 Å². The van der Waals surface area contributed by atoms with Crippen molar-refractivity contribution in [3.63, 3.8) is 0 Å². The average Bonchev–Trinajstić information content (AvgIpc) is 3.33. The monoisotopic (exact) mass is 968 g/mol. The van der Waals surface area contributed by atoms with E-state index in [-0.39, 0.29) is 11.4 Å². The molecule has 0 saturated carbocycles. The number of ether oxygens (including phenoxy) is 2. The smallest absolute Gasteiger partial charge is 0.328 e. The van der Waals surface area contributed by atoms with Crippen molar-refractivity contribution in [3.8, 4) is 0 Å². The van der Waals surface area contributed by atoms with Crippen molar-refractivity contribution in [2.24, 2.45) is 11.8 Å². The highest BCUT2D eigenvalue weighted by molar-refractivity contribution is 6.00. The number of carbonyl (C=O) groups excluding carboxylic acids is 10. The number of carbonyl (C=O) groups is 10. The molecule has 8 atom stereocenters. The Labute approximate surface area is 401 Å². The third-order valence-corrected chi connectivity index (χ3v) is 10.8. The number of cyclic esters (lactones) is 2. The van der Waals surface area contributed by atoms with Crippen LogP contribution in [0.2, 0.25) is 0 Å². The molecule has 0 aliphatic carbocycles. The standard InChI is InChI=1S/C46H56N12O12/c1-21(2)35-45(67)69-19-33(55-41(63)31-17-47-27-13-9-11-15-29(27)53-31)43(65)51-24(6)38(60)50-26(8)40(62)58-36(22(3)4)46(68)70-20-34(44(66)52-23(5)37(59)49-25(7)39(61)57-35)56-42(64)32-18-48-28-14-10-12-16-30(28)54-32/h9-18,21-26,33-36H,19-20H2,1-8H3,(H,49,59)(H,50,60)(H,51,65)(H,52,66)(H,55,63)(H,56,64)(H,57,61)(H,58,62)/t23-,24-,25-,26-,33+,34+,35?,36?/m0/s1. The van der Waals surface area contributed by atoms with Crippen LogP contribution in [0.1, 0.15) is 76.4 Å². The molecule has 70 heavy (non-hydrogen) atoms. The summed E-state index contributed by atoms with van der Waals surface area (Å²) in [6.45, 7) is 9.89. The van der Waals surface area contributed by atoms with Crippen molar-refractivity contribution < 1.29 is 57.4 Å². The number of para-hydroxylation sites is 4. The summed E-state index contributed by atoms with van der Waals surface area (Å²) < 4.78 is 11.0. The molecule has 8 N–H and O–H groups in total. The lowest BCUT2D eigenvalue weighted by Crippen LogP contribution is -2.59. The summed E-state index contributed by atoms with van der Waals surface area (Å²) >= 11 is 0. The highest BCUT2D eigenvalue weighted by Crippen LogP contribution is 2.12. The largest absolute Gasteiger partial charge is 0.461 e. The summed E-state index contributed by atoms with van der Waals surface area (Å²) in [5.74, 6) is -10.5. The maximum atomic E-state index is 13.8. The van der Waals surface area contributed by atoms with Gasteiger partial charge in [-0.25, -0.2) is 19.6 Å². The SMILES string of the molecule is CC(C)C1NC(=O)[C@H](C)NC(=O)[C@H](C)NC(=O)[C@H](NC(=O)c2cnc3ccccc3n2)COC(=O)C(C(C)C)NC(=O)[C@H](C)NC(=O)[C@H](C)NC(=O)[C@H](NC(=O)c2cnc3ccccc3n2)COC1=O. The number of rotatable bonds is 6. The third-order valence-electron chi connectivity index (χ3n) is 10.8. The molecule has 1 saturated heterocycles. The molecule has 24 heteroatoms. The number of nitrogens with one attached hydrogen (secondary N) is 8. The lowest BCUT2D eigenvalue weighted by molar-refractivity contribution is -0.152. The molecule has 372 valence electrons. The highest BCUT2D eigenvalue weighted by Gasteiger charge is 2.35. The van der Waals surface area contributed by atoms with Gasteiger partial charge in [0.1, 0.15) is 72.9 Å². The minimum atomic E-state index is -1.66. The van der Waals surface area contributed by atoms with Gasteiger partial charge in [-0.2, -0.15) is 0 Å². The zero-order chi connectivity index (χ0) is 51.4. The van der Waals surface area contributed by atoms with E-state index in [0.29, 0.717) is 22.1 Å². The number of hydrogen-bond donors (Lipinski definition) is 8. The van der Waals surface area contributed by atoms with Crippen LogP contribution < -0.4 is 42.5 Å². The van der Waals surface area contributed by atoms with Gasteiger partial charge in [0.05, 0.1) is 34.5 Å². The molecule has 8 amide bonds. The van der Waals surface area contributed by atoms with E-state index in [1.54, 1.807) is 76.2 Å². The van der Waals surface area contributed by atoms with Gasteiger partial charge < -0.3 is 52.0 Å². The van der Waals surface area contributed by atoms with Gasteiger partial charge in [-0.3, -0.25) is 48.3 Å². The molecule has 1 fully saturated rings. The Hall–Kier alpha value is -8.18. The highest BCUT2D eigenvalue weighted by atomic mass is 16.5. The van der Waals surface area contributed by atoms with Gasteiger partial charge in [0.15, 0.2) is 0 Å². The fourth-order valence-corrected chi connectivity index (χ4v) is 6.59. The minimum Gasteiger partial charge on any atom is -0.461 e. The van der Waals surface area contributed by atoms with Crippen molar-refractivity contribution >= 4 is 81.3 Å². The first kappa shape index (κ1) is 52.8. The van der Waals surface area contributed by atoms with E-state index in [4.69, 9.17) is 9.47 Å². The molecule has 0 spiro atoms. The van der Waals surface area contributed by atoms with E-state index in [0.717, 1.165) is 0 Å². The summed E-state index contributed by atoms with van der Waals surface area (Å²) in [5, 5.41) is 19.6. The van der Waals surface area contributed by atoms with E-state index in [2.05, 4.69) is 62.5 Å². The second kappa shape index (κ2) is 23.7. The molecule has 0 bridgehead atoms. The predicted molar refractivity (Wildman–Crippen MR) is 247 cm³/mol. The zero-order valence-electron chi connectivity index (χ0n) is 39.6. The molecule has 2 aromatic heterocycles. The Morgan fingerprint density at radius 3 is 1.11 bits per heavy atom. The first-order valence-corrected chi connectivity index (χ1v) is 22.3. The summed E-state index contributed by atoms with van der Waals surface area (Å²) in [6, 6.07) is 2.00. The van der Waals surface area contributed by atoms with Crippen molar-refractivity contribution in [1.29, 1.82) is 0 Å². The normalized spacial score (nSPS) is 24.3. The molecular formula is C46H56N12O12. The van der Waals surface area contributed by atoms with Crippen LogP contribution in [0.15, 0.2) is 60.9 Å². The van der Waals surface area contributed by atoms with Crippen LogP contribution in [0.4, 0.5) is 0 Å². The van der Waals surface area contributed by atoms with Crippen molar-refractivity contribution in [2.45, 2.75) is 104 Å². The number of amides is 8. The van der Waals surface area contributed by atoms with Gasteiger partial charge in [-0.1, -0.05) is 52.0 Å². The first-order valence-electron chi connectivity index (χ1n) is 22.3. The third kappa shape index (κ3) is 13.9. The fraction of sp³-hybridized carbons (Fsp3) is 0.435. The van der Waals surface area contributed by atoms with E-state index in [9.17, 15) is 47.9 Å². The molecule has 1 aliphatic rings. The zero-order valence-corrected chi connectivity index (χ0v) is 39.6. The maximum Gasteiger partial charge on any atom is 0.328 e. The number of hydrogen-bond acceptors (Lipinski definition) is 16. The van der Waals surface area contributed by atoms with E-state index in [1.807, 2.05) is 0 Å². The number of benzene rings is 2. The average molecular weight is 969 g/mol. The number of nitrogens with zero attached hydrogens (tertiary/aromatic N) is 4. The van der Waals surface area contributed by atoms with Crippen LogP contribution in [0.25, 0.3) is 22.1 Å². The Morgan fingerprint density at radius 1 is 0.486 bits per heavy atom. The Morgan fingerprint density at radius 2 is 0.786 bits per heavy atom. The molecule has 3 heterocycles. The van der Waals surface area contributed by atoms with Gasteiger partial charge >= 0.3 is 11.9 Å². The molecule has 2 aromatic carbocycles. The molecular weight excluding hydrogens is 913 g/mol. The number of esters is 2. The number of fused-ring (bicyclic) bond motifs is 2. The Bertz CT molecular complexity index is 2480. The van der Waals surface area contributed by atoms with Gasteiger partial charge in [0, 0.05) is 0 Å². The van der Waals surface area contributed by atoms with Crippen LogP contribution in [0.5, 0.6) is 0 Å². The molecule has 2 unspecified atom stereocenters.